The van der Waals surface area contributed by atoms with Gasteiger partial charge in [-0.1, -0.05) is 48.6 Å². The van der Waals surface area contributed by atoms with Crippen molar-refractivity contribution in [2.24, 2.45) is 4.99 Å². The molecule has 0 aliphatic heterocycles. The summed E-state index contributed by atoms with van der Waals surface area (Å²) in [6.07, 6.45) is 6.53. The van der Waals surface area contributed by atoms with Crippen LogP contribution in [-0.2, 0) is 6.42 Å². The molecule has 0 aliphatic rings. The van der Waals surface area contributed by atoms with Gasteiger partial charge in [0.1, 0.15) is 11.5 Å². The third-order valence-electron chi connectivity index (χ3n) is 2.97. The van der Waals surface area contributed by atoms with Crippen molar-refractivity contribution in [1.29, 1.82) is 0 Å². The molecule has 0 N–H and O–H groups in total. The number of benzene rings is 2. The largest absolute Gasteiger partial charge is 0.205 e. The minimum atomic E-state index is -0.407. The summed E-state index contributed by atoms with van der Waals surface area (Å²) in [5.74, 6) is -0.407. The summed E-state index contributed by atoms with van der Waals surface area (Å²) < 4.78 is 13.7. The van der Waals surface area contributed by atoms with Gasteiger partial charge in [0.05, 0.1) is 5.16 Å². The predicted octanol–water partition coefficient (Wildman–Crippen LogP) is 5.46. The number of halogens is 1. The molecule has 0 fully saturated rings. The first-order chi connectivity index (χ1) is 10.2. The number of nitrogens with zero attached hydrogens (tertiary/aromatic N) is 1. The SMILES string of the molecule is C=CCc1ccc(C=Cc2ccc(N=C=S)c(F)c2)cc1. The van der Waals surface area contributed by atoms with E-state index >= 15 is 0 Å². The fourth-order valence-electron chi connectivity index (χ4n) is 1.89. The Morgan fingerprint density at radius 1 is 1.10 bits per heavy atom. The summed E-state index contributed by atoms with van der Waals surface area (Å²) in [4.78, 5) is 3.65. The lowest BCUT2D eigenvalue weighted by Crippen LogP contribution is -1.81. The lowest BCUT2D eigenvalue weighted by atomic mass is 10.1. The Balaban J connectivity index is 2.15. The number of hydrogen-bond donors (Lipinski definition) is 0. The summed E-state index contributed by atoms with van der Waals surface area (Å²) in [6.45, 7) is 3.71. The first-order valence-corrected chi connectivity index (χ1v) is 6.89. The van der Waals surface area contributed by atoms with Crippen LogP contribution in [0.25, 0.3) is 12.2 Å². The lowest BCUT2D eigenvalue weighted by molar-refractivity contribution is 0.630. The van der Waals surface area contributed by atoms with Gasteiger partial charge in [0.25, 0.3) is 0 Å². The van der Waals surface area contributed by atoms with E-state index in [1.807, 2.05) is 30.4 Å². The summed E-state index contributed by atoms with van der Waals surface area (Å²) in [5.41, 5.74) is 3.25. The fraction of sp³-hybridized carbons (Fsp3) is 0.0556. The monoisotopic (exact) mass is 295 g/mol. The Kier molecular flexibility index (Phi) is 5.33. The van der Waals surface area contributed by atoms with Crippen molar-refractivity contribution in [1.82, 2.24) is 0 Å². The smallest absolute Gasteiger partial charge is 0.150 e. The van der Waals surface area contributed by atoms with Gasteiger partial charge in [0, 0.05) is 0 Å². The van der Waals surface area contributed by atoms with Crippen LogP contribution in [0.4, 0.5) is 10.1 Å². The highest BCUT2D eigenvalue weighted by atomic mass is 32.1. The standard InChI is InChI=1S/C18H14FNS/c1-2-3-14-4-6-15(7-5-14)8-9-16-10-11-18(20-13-21)17(19)12-16/h2,4-12H,1,3H2. The minimum Gasteiger partial charge on any atom is -0.205 e. The van der Waals surface area contributed by atoms with Crippen LogP contribution in [0, 0.1) is 5.82 Å². The van der Waals surface area contributed by atoms with Crippen LogP contribution in [0.5, 0.6) is 0 Å². The zero-order valence-corrected chi connectivity index (χ0v) is 12.2. The van der Waals surface area contributed by atoms with E-state index in [2.05, 4.69) is 41.1 Å². The molecule has 21 heavy (non-hydrogen) atoms. The van der Waals surface area contributed by atoms with E-state index in [0.717, 1.165) is 17.5 Å². The van der Waals surface area contributed by atoms with Crippen molar-refractivity contribution in [2.75, 3.05) is 0 Å². The number of aliphatic imine (C=N–C) groups is 1. The third kappa shape index (κ3) is 4.32. The van der Waals surface area contributed by atoms with E-state index in [4.69, 9.17) is 0 Å². The highest BCUT2D eigenvalue weighted by Crippen LogP contribution is 2.20. The van der Waals surface area contributed by atoms with Gasteiger partial charge >= 0.3 is 0 Å². The third-order valence-corrected chi connectivity index (χ3v) is 3.06. The molecule has 0 atom stereocenters. The maximum absolute atomic E-state index is 13.7. The fourth-order valence-corrected chi connectivity index (χ4v) is 1.99. The summed E-state index contributed by atoms with van der Waals surface area (Å²) in [5, 5.41) is 2.16. The van der Waals surface area contributed by atoms with Gasteiger partial charge in [-0.25, -0.2) is 4.39 Å². The molecule has 0 spiro atoms. The average Bonchev–Trinajstić information content (AvgIpc) is 2.49. The molecule has 0 heterocycles. The van der Waals surface area contributed by atoms with E-state index in [1.165, 1.54) is 11.6 Å². The Bertz CT molecular complexity index is 710. The second-order valence-corrected chi connectivity index (χ2v) is 4.66. The van der Waals surface area contributed by atoms with E-state index in [0.29, 0.717) is 0 Å². The number of allylic oxidation sites excluding steroid dienone is 1. The molecular weight excluding hydrogens is 281 g/mol. The maximum Gasteiger partial charge on any atom is 0.150 e. The normalized spacial score (nSPS) is 10.3. The Hall–Kier alpha value is -2.35. The topological polar surface area (TPSA) is 12.4 Å². The van der Waals surface area contributed by atoms with Crippen molar-refractivity contribution in [3.8, 4) is 0 Å². The van der Waals surface area contributed by atoms with Gasteiger partial charge in [-0.15, -0.1) is 6.58 Å². The van der Waals surface area contributed by atoms with Crippen molar-refractivity contribution in [3.63, 3.8) is 0 Å². The first-order valence-electron chi connectivity index (χ1n) is 6.48. The lowest BCUT2D eigenvalue weighted by Gasteiger charge is -1.99. The molecule has 0 saturated heterocycles. The number of thiocarbonyl (C=S) groups is 1. The van der Waals surface area contributed by atoms with Crippen LogP contribution in [-0.4, -0.2) is 5.16 Å². The van der Waals surface area contributed by atoms with Gasteiger partial charge in [0.15, 0.2) is 0 Å². The molecule has 0 amide bonds. The molecule has 2 rings (SSSR count). The van der Waals surface area contributed by atoms with Crippen LogP contribution in [0.3, 0.4) is 0 Å². The Morgan fingerprint density at radius 2 is 1.76 bits per heavy atom. The quantitative estimate of drug-likeness (QED) is 0.309. The molecule has 0 saturated carbocycles. The molecule has 0 bridgehead atoms. The molecule has 104 valence electrons. The van der Waals surface area contributed by atoms with Gasteiger partial charge in [0.2, 0.25) is 0 Å². The second-order valence-electron chi connectivity index (χ2n) is 4.48. The highest BCUT2D eigenvalue weighted by molar-refractivity contribution is 7.78. The zero-order valence-electron chi connectivity index (χ0n) is 11.4. The van der Waals surface area contributed by atoms with Gasteiger partial charge in [-0.3, -0.25) is 0 Å². The van der Waals surface area contributed by atoms with E-state index in [9.17, 15) is 4.39 Å². The van der Waals surface area contributed by atoms with E-state index < -0.39 is 5.82 Å². The number of isothiocyanates is 1. The van der Waals surface area contributed by atoms with E-state index in [-0.39, 0.29) is 5.69 Å². The number of rotatable bonds is 5. The molecule has 1 nitrogen and oxygen atoms in total. The number of hydrogen-bond acceptors (Lipinski definition) is 2. The van der Waals surface area contributed by atoms with Crippen molar-refractivity contribution in [3.05, 3.63) is 77.6 Å². The second kappa shape index (κ2) is 7.44. The van der Waals surface area contributed by atoms with Crippen molar-refractivity contribution >= 4 is 35.2 Å². The van der Waals surface area contributed by atoms with Crippen LogP contribution >= 0.6 is 12.2 Å². The van der Waals surface area contributed by atoms with Crippen LogP contribution in [0.1, 0.15) is 16.7 Å². The van der Waals surface area contributed by atoms with Crippen LogP contribution in [0.15, 0.2) is 60.1 Å². The molecule has 3 heteroatoms. The summed E-state index contributed by atoms with van der Waals surface area (Å²) in [7, 11) is 0. The van der Waals surface area contributed by atoms with E-state index in [1.54, 1.807) is 12.1 Å². The van der Waals surface area contributed by atoms with Gasteiger partial charge < -0.3 is 0 Å². The predicted molar refractivity (Wildman–Crippen MR) is 90.4 cm³/mol. The minimum absolute atomic E-state index is 0.205. The molecule has 2 aromatic carbocycles. The highest BCUT2D eigenvalue weighted by Gasteiger charge is 2.00. The first kappa shape index (κ1) is 15.0. The average molecular weight is 295 g/mol. The van der Waals surface area contributed by atoms with Crippen LogP contribution in [0.2, 0.25) is 0 Å². The van der Waals surface area contributed by atoms with Gasteiger partial charge in [-0.05, 0) is 47.5 Å². The Morgan fingerprint density at radius 3 is 2.38 bits per heavy atom. The van der Waals surface area contributed by atoms with Gasteiger partial charge in [-0.2, -0.15) is 4.99 Å². The molecule has 2 aromatic rings. The van der Waals surface area contributed by atoms with Crippen molar-refractivity contribution < 1.29 is 4.39 Å². The van der Waals surface area contributed by atoms with Crippen molar-refractivity contribution in [2.45, 2.75) is 6.42 Å². The molecule has 0 radical (unpaired) electrons. The molecule has 0 aromatic heterocycles. The summed E-state index contributed by atoms with van der Waals surface area (Å²) >= 11 is 4.47. The molecule has 0 unspecified atom stereocenters. The zero-order chi connectivity index (χ0) is 15.1. The molecular formula is C18H14FNS. The summed E-state index contributed by atoms with van der Waals surface area (Å²) in [6, 6.07) is 13.0. The Labute approximate surface area is 129 Å². The molecule has 0 aliphatic carbocycles. The van der Waals surface area contributed by atoms with Crippen LogP contribution < -0.4 is 0 Å². The maximum atomic E-state index is 13.7.